The van der Waals surface area contributed by atoms with E-state index >= 15 is 0 Å². The molecule has 72 heavy (non-hydrogen) atoms. The monoisotopic (exact) mass is 1010 g/mol. The van der Waals surface area contributed by atoms with Crippen molar-refractivity contribution in [2.45, 2.75) is 103 Å². The summed E-state index contributed by atoms with van der Waals surface area (Å²) in [6.07, 6.45) is 3.15. The van der Waals surface area contributed by atoms with Crippen molar-refractivity contribution in [3.05, 3.63) is 71.6 Å². The number of thiazole rings is 1. The number of amides is 4. The highest BCUT2D eigenvalue weighted by atomic mass is 32.1. The number of nitrogens with one attached hydrogen (secondary N) is 3. The van der Waals surface area contributed by atoms with E-state index < -0.39 is 29.5 Å². The molecule has 4 amide bonds. The lowest BCUT2D eigenvalue weighted by Crippen LogP contribution is -2.58. The van der Waals surface area contributed by atoms with E-state index in [1.165, 1.54) is 4.90 Å². The normalized spacial score (nSPS) is 18.5. The predicted octanol–water partition coefficient (Wildman–Crippen LogP) is 5.23. The summed E-state index contributed by atoms with van der Waals surface area (Å²) in [6.45, 7) is 15.5. The van der Waals surface area contributed by atoms with Gasteiger partial charge < -0.3 is 49.4 Å². The number of ether oxygens (including phenoxy) is 4. The number of aliphatic hydroxyl groups is 1. The Labute approximate surface area is 424 Å². The van der Waals surface area contributed by atoms with Gasteiger partial charge in [0, 0.05) is 57.0 Å². The molecule has 0 unspecified atom stereocenters. The minimum absolute atomic E-state index is 0.0132. The molecule has 1 aliphatic carbocycles. The molecule has 0 bridgehead atoms. The van der Waals surface area contributed by atoms with Gasteiger partial charge in [0.2, 0.25) is 23.6 Å². The van der Waals surface area contributed by atoms with Crippen LogP contribution in [-0.4, -0.2) is 160 Å². The highest BCUT2D eigenvalue weighted by Gasteiger charge is 2.45. The Morgan fingerprint density at radius 3 is 2.25 bits per heavy atom. The molecular formula is C52H68N10O9S. The second kappa shape index (κ2) is 23.2. The molecule has 5 aromatic rings. The van der Waals surface area contributed by atoms with Gasteiger partial charge in [-0.25, -0.2) is 15.0 Å². The van der Waals surface area contributed by atoms with Gasteiger partial charge in [0.25, 0.3) is 0 Å². The Balaban J connectivity index is 0.682. The standard InChI is InChI=1S/C52H68N10O9S/c1-33(35-7-9-36(10-8-35)47-34(2)55-32-72-47)56-49(66)42-27-37(63)30-62(42)50(67)48(51(3,4)5)57-44(64)13-21-68-23-25-70-26-24-69-22-14-45(65)61-19-17-60(18-20-61)43-29-41(53-31-54-43)46-39-28-38(71-52(6)15-16-52)11-12-40(39)58-59-46/h7-12,28-29,31-33,37,42,48,63H,13-27,30H2,1-6H3,(H,56,66)(H,57,64)(H,58,59)/t33-,37+,42-,48+/m1/s1. The van der Waals surface area contributed by atoms with Crippen LogP contribution in [0.15, 0.2) is 60.4 Å². The van der Waals surface area contributed by atoms with Crippen LogP contribution in [0.5, 0.6) is 5.75 Å². The van der Waals surface area contributed by atoms with Crippen molar-refractivity contribution in [2.75, 3.05) is 77.3 Å². The third-order valence-electron chi connectivity index (χ3n) is 13.4. The van der Waals surface area contributed by atoms with Crippen LogP contribution < -0.4 is 20.3 Å². The first kappa shape index (κ1) is 52.3. The molecule has 20 heteroatoms. The molecule has 4 N–H and O–H groups in total. The van der Waals surface area contributed by atoms with E-state index in [4.69, 9.17) is 18.9 Å². The van der Waals surface area contributed by atoms with Crippen molar-refractivity contribution in [3.63, 3.8) is 0 Å². The second-order valence-electron chi connectivity index (χ2n) is 20.2. The minimum atomic E-state index is -0.944. The summed E-state index contributed by atoms with van der Waals surface area (Å²) < 4.78 is 23.1. The zero-order valence-corrected chi connectivity index (χ0v) is 43.0. The maximum absolute atomic E-state index is 14.0. The summed E-state index contributed by atoms with van der Waals surface area (Å²) in [7, 11) is 0. The number of carbonyl (C=O) groups is 4. The fourth-order valence-corrected chi connectivity index (χ4v) is 9.73. The number of aromatic nitrogens is 5. The molecule has 3 aliphatic rings. The molecule has 1 saturated carbocycles. The number of hydrogen-bond donors (Lipinski definition) is 4. The molecule has 4 atom stereocenters. The number of aromatic amines is 1. The van der Waals surface area contributed by atoms with Gasteiger partial charge in [-0.1, -0.05) is 45.0 Å². The first-order valence-corrected chi connectivity index (χ1v) is 25.8. The van der Waals surface area contributed by atoms with E-state index in [1.807, 2.05) is 93.6 Å². The number of benzene rings is 2. The zero-order valence-electron chi connectivity index (χ0n) is 42.1. The number of hydrogen-bond acceptors (Lipinski definition) is 15. The van der Waals surface area contributed by atoms with Crippen LogP contribution in [0.3, 0.4) is 0 Å². The van der Waals surface area contributed by atoms with Crippen LogP contribution in [-0.2, 0) is 33.4 Å². The lowest BCUT2D eigenvalue weighted by atomic mass is 9.85. The van der Waals surface area contributed by atoms with Gasteiger partial charge in [-0.15, -0.1) is 11.3 Å². The summed E-state index contributed by atoms with van der Waals surface area (Å²) in [6, 6.07) is 13.6. The molecule has 19 nitrogen and oxygen atoms in total. The Bertz CT molecular complexity index is 2660. The topological polar surface area (TPSA) is 227 Å². The first-order valence-electron chi connectivity index (χ1n) is 24.9. The van der Waals surface area contributed by atoms with Crippen molar-refractivity contribution in [1.82, 2.24) is 45.6 Å². The van der Waals surface area contributed by atoms with Crippen molar-refractivity contribution < 1.29 is 43.2 Å². The highest BCUT2D eigenvalue weighted by Crippen LogP contribution is 2.41. The number of β-amino-alcohol motifs (C(OH)–C–C–N with tert-alkyl or cyclic N) is 1. The molecule has 0 spiro atoms. The Hall–Kier alpha value is -6.06. The van der Waals surface area contributed by atoms with E-state index in [0.717, 1.165) is 62.7 Å². The van der Waals surface area contributed by atoms with Crippen molar-refractivity contribution in [2.24, 2.45) is 5.41 Å². The molecule has 2 aliphatic heterocycles. The number of likely N-dealkylation sites (tertiary alicyclic amines) is 1. The molecule has 2 saturated heterocycles. The van der Waals surface area contributed by atoms with E-state index in [2.05, 4.69) is 47.6 Å². The average molecular weight is 1010 g/mol. The number of H-pyrrole nitrogens is 1. The summed E-state index contributed by atoms with van der Waals surface area (Å²) in [5, 5.41) is 25.1. The fraction of sp³-hybridized carbons (Fsp3) is 0.538. The SMILES string of the molecule is Cc1ncsc1-c1ccc([C@@H](C)NC(=O)[C@H]2C[C@H](O)CN2C(=O)[C@H](NC(=O)CCOCCOCCOCCC(=O)N2CCN(c3cc(-c4n[nH]c5ccc(OC6(C)CC6)cc45)ncn3)CC2)C(C)(C)C)cc1. The summed E-state index contributed by atoms with van der Waals surface area (Å²) >= 11 is 1.57. The second-order valence-corrected chi connectivity index (χ2v) is 21.0. The number of fused-ring (bicyclic) bond motifs is 1. The van der Waals surface area contributed by atoms with Gasteiger partial charge >= 0.3 is 0 Å². The van der Waals surface area contributed by atoms with E-state index in [1.54, 1.807) is 17.7 Å². The molecule has 8 rings (SSSR count). The van der Waals surface area contributed by atoms with Gasteiger partial charge in [-0.05, 0) is 68.4 Å². The number of nitrogens with zero attached hydrogens (tertiary/aromatic N) is 7. The molecule has 386 valence electrons. The van der Waals surface area contributed by atoms with Crippen LogP contribution in [0.4, 0.5) is 5.82 Å². The van der Waals surface area contributed by atoms with Gasteiger partial charge in [0.1, 0.15) is 41.3 Å². The van der Waals surface area contributed by atoms with Crippen molar-refractivity contribution in [1.29, 1.82) is 0 Å². The first-order chi connectivity index (χ1) is 34.5. The summed E-state index contributed by atoms with van der Waals surface area (Å²) in [5.41, 5.74) is 6.30. The number of aliphatic hydroxyl groups excluding tert-OH is 1. The lowest BCUT2D eigenvalue weighted by Gasteiger charge is -2.35. The van der Waals surface area contributed by atoms with Crippen LogP contribution in [0.25, 0.3) is 32.7 Å². The van der Waals surface area contributed by atoms with Gasteiger partial charge in [-0.2, -0.15) is 5.10 Å². The molecule has 0 radical (unpaired) electrons. The van der Waals surface area contributed by atoms with E-state index in [-0.39, 0.29) is 81.6 Å². The van der Waals surface area contributed by atoms with Gasteiger partial charge in [0.15, 0.2) is 0 Å². The van der Waals surface area contributed by atoms with Crippen LogP contribution in [0.2, 0.25) is 0 Å². The molecule has 3 fully saturated rings. The lowest BCUT2D eigenvalue weighted by molar-refractivity contribution is -0.144. The van der Waals surface area contributed by atoms with Crippen LogP contribution >= 0.6 is 11.3 Å². The maximum Gasteiger partial charge on any atom is 0.246 e. The summed E-state index contributed by atoms with van der Waals surface area (Å²) in [4.78, 5) is 73.7. The molecule has 5 heterocycles. The predicted molar refractivity (Wildman–Crippen MR) is 272 cm³/mol. The largest absolute Gasteiger partial charge is 0.488 e. The number of anilines is 1. The van der Waals surface area contributed by atoms with E-state index in [9.17, 15) is 24.3 Å². The van der Waals surface area contributed by atoms with Gasteiger partial charge in [-0.3, -0.25) is 24.3 Å². The molecule has 2 aromatic carbocycles. The Morgan fingerprint density at radius 2 is 1.58 bits per heavy atom. The smallest absolute Gasteiger partial charge is 0.246 e. The summed E-state index contributed by atoms with van der Waals surface area (Å²) in [5.74, 6) is 0.458. The van der Waals surface area contributed by atoms with Gasteiger partial charge in [0.05, 0.1) is 85.5 Å². The third-order valence-corrected chi connectivity index (χ3v) is 14.4. The molecule has 3 aromatic heterocycles. The quantitative estimate of drug-likeness (QED) is 0.0652. The average Bonchev–Trinajstić information content (AvgIpc) is 3.65. The maximum atomic E-state index is 14.0. The van der Waals surface area contributed by atoms with Crippen LogP contribution in [0, 0.1) is 12.3 Å². The number of rotatable bonds is 22. The zero-order chi connectivity index (χ0) is 51.0. The van der Waals surface area contributed by atoms with Crippen LogP contribution in [0.1, 0.15) is 84.0 Å². The van der Waals surface area contributed by atoms with Crippen molar-refractivity contribution >= 4 is 51.7 Å². The van der Waals surface area contributed by atoms with Crippen molar-refractivity contribution in [3.8, 4) is 27.6 Å². The minimum Gasteiger partial charge on any atom is -0.488 e. The Morgan fingerprint density at radius 1 is 0.889 bits per heavy atom. The van der Waals surface area contributed by atoms with E-state index in [0.29, 0.717) is 45.1 Å². The number of aryl methyl sites for hydroxylation is 1. The Kier molecular flexibility index (Phi) is 16.9. The molecular weight excluding hydrogens is 941 g/mol. The fourth-order valence-electron chi connectivity index (χ4n) is 8.92. The third kappa shape index (κ3) is 13.3. The highest BCUT2D eigenvalue weighted by molar-refractivity contribution is 7.13. The number of piperazine rings is 1. The number of carbonyl (C=O) groups excluding carboxylic acids is 4.